The van der Waals surface area contributed by atoms with E-state index < -0.39 is 0 Å². The summed E-state index contributed by atoms with van der Waals surface area (Å²) in [6.45, 7) is 4.70. The first-order valence-corrected chi connectivity index (χ1v) is 6.69. The van der Waals surface area contributed by atoms with Crippen molar-refractivity contribution in [1.29, 1.82) is 0 Å². The van der Waals surface area contributed by atoms with Gasteiger partial charge in [-0.15, -0.1) is 0 Å². The highest BCUT2D eigenvalue weighted by molar-refractivity contribution is 7.07. The molecule has 1 fully saturated rings. The van der Waals surface area contributed by atoms with Crippen LogP contribution in [-0.2, 0) is 0 Å². The Morgan fingerprint density at radius 2 is 2.53 bits per heavy atom. The molecular weight excluding hydrogens is 204 g/mol. The van der Waals surface area contributed by atoms with E-state index in [-0.39, 0.29) is 0 Å². The summed E-state index contributed by atoms with van der Waals surface area (Å²) < 4.78 is 0. The van der Waals surface area contributed by atoms with Gasteiger partial charge in [0, 0.05) is 18.6 Å². The SMILES string of the molecule is CNCC1CCCN1C(C)c1ccsc1. The van der Waals surface area contributed by atoms with E-state index in [9.17, 15) is 0 Å². The summed E-state index contributed by atoms with van der Waals surface area (Å²) in [5.41, 5.74) is 1.48. The first-order chi connectivity index (χ1) is 7.33. The van der Waals surface area contributed by atoms with Crippen molar-refractivity contribution in [2.24, 2.45) is 0 Å². The van der Waals surface area contributed by atoms with E-state index >= 15 is 0 Å². The number of rotatable bonds is 4. The summed E-state index contributed by atoms with van der Waals surface area (Å²) in [6.07, 6.45) is 2.69. The molecule has 0 radical (unpaired) electrons. The zero-order valence-corrected chi connectivity index (χ0v) is 10.4. The minimum atomic E-state index is 0.581. The van der Waals surface area contributed by atoms with Crippen LogP contribution in [0.2, 0.25) is 0 Å². The highest BCUT2D eigenvalue weighted by Crippen LogP contribution is 2.29. The van der Waals surface area contributed by atoms with Gasteiger partial charge >= 0.3 is 0 Å². The Balaban J connectivity index is 2.03. The summed E-state index contributed by atoms with van der Waals surface area (Å²) in [5, 5.41) is 7.75. The van der Waals surface area contributed by atoms with Gasteiger partial charge in [-0.3, -0.25) is 4.90 Å². The van der Waals surface area contributed by atoms with E-state index in [1.165, 1.54) is 24.9 Å². The molecule has 15 heavy (non-hydrogen) atoms. The number of likely N-dealkylation sites (N-methyl/N-ethyl adjacent to an activating group) is 1. The largest absolute Gasteiger partial charge is 0.318 e. The second kappa shape index (κ2) is 5.10. The quantitative estimate of drug-likeness (QED) is 0.845. The molecule has 2 atom stereocenters. The van der Waals surface area contributed by atoms with Crippen LogP contribution in [0.15, 0.2) is 16.8 Å². The monoisotopic (exact) mass is 224 g/mol. The molecule has 1 aliphatic heterocycles. The van der Waals surface area contributed by atoms with E-state index in [1.807, 2.05) is 7.05 Å². The fourth-order valence-electron chi connectivity index (χ4n) is 2.53. The molecule has 1 N–H and O–H groups in total. The lowest BCUT2D eigenvalue weighted by molar-refractivity contribution is 0.191. The van der Waals surface area contributed by atoms with Crippen molar-refractivity contribution < 1.29 is 0 Å². The average Bonchev–Trinajstić information content (AvgIpc) is 2.87. The van der Waals surface area contributed by atoms with Crippen LogP contribution >= 0.6 is 11.3 Å². The third kappa shape index (κ3) is 2.41. The molecule has 84 valence electrons. The molecule has 0 aromatic carbocycles. The molecule has 0 aliphatic carbocycles. The molecule has 0 saturated carbocycles. The number of nitrogens with one attached hydrogen (secondary N) is 1. The third-order valence-electron chi connectivity index (χ3n) is 3.39. The first kappa shape index (κ1) is 11.1. The molecule has 1 saturated heterocycles. The predicted molar refractivity (Wildman–Crippen MR) is 66.4 cm³/mol. The number of nitrogens with zero attached hydrogens (tertiary/aromatic N) is 1. The molecule has 2 nitrogen and oxygen atoms in total. The van der Waals surface area contributed by atoms with Gasteiger partial charge in [0.25, 0.3) is 0 Å². The van der Waals surface area contributed by atoms with Gasteiger partial charge in [0.05, 0.1) is 0 Å². The lowest BCUT2D eigenvalue weighted by Crippen LogP contribution is -2.38. The lowest BCUT2D eigenvalue weighted by Gasteiger charge is -2.30. The van der Waals surface area contributed by atoms with E-state index in [0.717, 1.165) is 12.6 Å². The van der Waals surface area contributed by atoms with Crippen LogP contribution in [0.1, 0.15) is 31.4 Å². The number of hydrogen-bond donors (Lipinski definition) is 1. The standard InChI is InChI=1S/C12H20N2S/c1-10(11-5-7-15-9-11)14-6-3-4-12(14)8-13-2/h5,7,9-10,12-13H,3-4,6,8H2,1-2H3. The molecule has 0 amide bonds. The molecule has 1 aromatic rings. The van der Waals surface area contributed by atoms with Crippen molar-refractivity contribution in [3.63, 3.8) is 0 Å². The zero-order chi connectivity index (χ0) is 10.7. The van der Waals surface area contributed by atoms with Gasteiger partial charge in [0.2, 0.25) is 0 Å². The van der Waals surface area contributed by atoms with Crippen molar-refractivity contribution in [3.05, 3.63) is 22.4 Å². The highest BCUT2D eigenvalue weighted by atomic mass is 32.1. The van der Waals surface area contributed by atoms with E-state index in [2.05, 4.69) is 34.0 Å². The van der Waals surface area contributed by atoms with Crippen LogP contribution in [0.5, 0.6) is 0 Å². The Hall–Kier alpha value is -0.380. The Bertz CT molecular complexity index is 284. The van der Waals surface area contributed by atoms with Gasteiger partial charge in [-0.25, -0.2) is 0 Å². The molecule has 2 rings (SSSR count). The van der Waals surface area contributed by atoms with Crippen LogP contribution in [-0.4, -0.2) is 31.1 Å². The van der Waals surface area contributed by atoms with Crippen molar-refractivity contribution >= 4 is 11.3 Å². The first-order valence-electron chi connectivity index (χ1n) is 5.75. The molecular formula is C12H20N2S. The van der Waals surface area contributed by atoms with Gasteiger partial charge in [-0.05, 0) is 55.7 Å². The summed E-state index contributed by atoms with van der Waals surface area (Å²) in [4.78, 5) is 2.64. The Kier molecular flexibility index (Phi) is 3.78. The maximum atomic E-state index is 3.30. The molecule has 2 unspecified atom stereocenters. The summed E-state index contributed by atoms with van der Waals surface area (Å²) >= 11 is 1.80. The van der Waals surface area contributed by atoms with Crippen LogP contribution < -0.4 is 5.32 Å². The Labute approximate surface area is 96.3 Å². The number of thiophene rings is 1. The fourth-order valence-corrected chi connectivity index (χ4v) is 3.27. The van der Waals surface area contributed by atoms with Gasteiger partial charge in [-0.2, -0.15) is 11.3 Å². The molecule has 0 bridgehead atoms. The highest BCUT2D eigenvalue weighted by Gasteiger charge is 2.28. The van der Waals surface area contributed by atoms with Crippen LogP contribution in [0, 0.1) is 0 Å². The number of hydrogen-bond acceptors (Lipinski definition) is 3. The minimum absolute atomic E-state index is 0.581. The lowest BCUT2D eigenvalue weighted by atomic mass is 10.1. The van der Waals surface area contributed by atoms with Gasteiger partial charge in [-0.1, -0.05) is 0 Å². The van der Waals surface area contributed by atoms with Crippen LogP contribution in [0.25, 0.3) is 0 Å². The second-order valence-electron chi connectivity index (χ2n) is 4.32. The predicted octanol–water partition coefficient (Wildman–Crippen LogP) is 2.49. The van der Waals surface area contributed by atoms with Gasteiger partial charge in [0.1, 0.15) is 0 Å². The molecule has 2 heterocycles. The smallest absolute Gasteiger partial charge is 0.0331 e. The van der Waals surface area contributed by atoms with Gasteiger partial charge in [0.15, 0.2) is 0 Å². The maximum Gasteiger partial charge on any atom is 0.0331 e. The van der Waals surface area contributed by atoms with E-state index in [1.54, 1.807) is 11.3 Å². The Morgan fingerprint density at radius 1 is 1.67 bits per heavy atom. The second-order valence-corrected chi connectivity index (χ2v) is 5.10. The van der Waals surface area contributed by atoms with Crippen molar-refractivity contribution in [1.82, 2.24) is 10.2 Å². The van der Waals surface area contributed by atoms with Gasteiger partial charge < -0.3 is 5.32 Å². The fraction of sp³-hybridized carbons (Fsp3) is 0.667. The minimum Gasteiger partial charge on any atom is -0.318 e. The third-order valence-corrected chi connectivity index (χ3v) is 4.09. The zero-order valence-electron chi connectivity index (χ0n) is 9.57. The maximum absolute atomic E-state index is 3.30. The summed E-state index contributed by atoms with van der Waals surface area (Å²) in [7, 11) is 2.05. The normalized spacial score (nSPS) is 24.5. The Morgan fingerprint density at radius 3 is 3.20 bits per heavy atom. The summed E-state index contributed by atoms with van der Waals surface area (Å²) in [5.74, 6) is 0. The number of likely N-dealkylation sites (tertiary alicyclic amines) is 1. The molecule has 1 aromatic heterocycles. The summed E-state index contributed by atoms with van der Waals surface area (Å²) in [6, 6.07) is 3.56. The van der Waals surface area contributed by atoms with Crippen LogP contribution in [0.3, 0.4) is 0 Å². The molecule has 0 spiro atoms. The van der Waals surface area contributed by atoms with Crippen molar-refractivity contribution in [3.8, 4) is 0 Å². The molecule has 3 heteroatoms. The average molecular weight is 224 g/mol. The van der Waals surface area contributed by atoms with Crippen molar-refractivity contribution in [2.75, 3.05) is 20.1 Å². The van der Waals surface area contributed by atoms with Crippen molar-refractivity contribution in [2.45, 2.75) is 31.8 Å². The molecule has 1 aliphatic rings. The van der Waals surface area contributed by atoms with Crippen LogP contribution in [0.4, 0.5) is 0 Å². The van der Waals surface area contributed by atoms with E-state index in [0.29, 0.717) is 6.04 Å². The van der Waals surface area contributed by atoms with E-state index in [4.69, 9.17) is 0 Å². The topological polar surface area (TPSA) is 15.3 Å².